The molecule has 0 heterocycles. The van der Waals surface area contributed by atoms with Gasteiger partial charge in [0.15, 0.2) is 0 Å². The average molecular weight is 294 g/mol. The molecular weight excluding hydrogens is 279 g/mol. The van der Waals surface area contributed by atoms with Crippen molar-refractivity contribution in [2.24, 2.45) is 0 Å². The van der Waals surface area contributed by atoms with E-state index in [4.69, 9.17) is 4.74 Å². The van der Waals surface area contributed by atoms with Gasteiger partial charge in [0, 0.05) is 5.56 Å². The maximum Gasteiger partial charge on any atom is 0.338 e. The molecule has 3 aromatic rings. The normalized spacial score (nSPS) is 10.6. The van der Waals surface area contributed by atoms with Crippen molar-refractivity contribution in [2.45, 2.75) is 6.92 Å². The van der Waals surface area contributed by atoms with E-state index in [-0.39, 0.29) is 5.82 Å². The van der Waals surface area contributed by atoms with Crippen molar-refractivity contribution >= 4 is 16.7 Å². The Bertz CT molecular complexity index is 825. The van der Waals surface area contributed by atoms with Gasteiger partial charge in [0.2, 0.25) is 0 Å². The third kappa shape index (κ3) is 2.58. The SMILES string of the molecule is CCOC(=O)c1ccc2ccc(F)cc2c1-c1ccccc1. The highest BCUT2D eigenvalue weighted by Gasteiger charge is 2.17. The number of halogens is 1. The number of hydrogen-bond donors (Lipinski definition) is 0. The smallest absolute Gasteiger partial charge is 0.338 e. The van der Waals surface area contributed by atoms with Crippen molar-refractivity contribution < 1.29 is 13.9 Å². The van der Waals surface area contributed by atoms with E-state index in [0.717, 1.165) is 10.9 Å². The van der Waals surface area contributed by atoms with Crippen LogP contribution >= 0.6 is 0 Å². The van der Waals surface area contributed by atoms with Gasteiger partial charge in [-0.1, -0.05) is 42.5 Å². The molecule has 0 bridgehead atoms. The molecule has 3 heteroatoms. The topological polar surface area (TPSA) is 26.3 Å². The van der Waals surface area contributed by atoms with Crippen LogP contribution in [0.25, 0.3) is 21.9 Å². The molecule has 0 saturated carbocycles. The molecule has 0 aliphatic carbocycles. The Morgan fingerprint density at radius 2 is 1.77 bits per heavy atom. The van der Waals surface area contributed by atoms with Crippen LogP contribution in [0.3, 0.4) is 0 Å². The van der Waals surface area contributed by atoms with Crippen molar-refractivity contribution in [3.05, 3.63) is 72.0 Å². The molecule has 0 unspecified atom stereocenters. The maximum absolute atomic E-state index is 13.7. The van der Waals surface area contributed by atoms with Crippen LogP contribution in [0.15, 0.2) is 60.7 Å². The summed E-state index contributed by atoms with van der Waals surface area (Å²) in [6.45, 7) is 2.06. The molecule has 3 rings (SSSR count). The van der Waals surface area contributed by atoms with Gasteiger partial charge in [-0.25, -0.2) is 9.18 Å². The standard InChI is InChI=1S/C19H15FO2/c1-2-22-19(21)16-11-9-13-8-10-15(20)12-17(13)18(16)14-6-4-3-5-7-14/h3-12H,2H2,1H3. The van der Waals surface area contributed by atoms with E-state index < -0.39 is 5.97 Å². The summed E-state index contributed by atoms with van der Waals surface area (Å²) in [7, 11) is 0. The molecule has 0 radical (unpaired) electrons. The van der Waals surface area contributed by atoms with Gasteiger partial charge in [0.25, 0.3) is 0 Å². The lowest BCUT2D eigenvalue weighted by atomic mass is 9.93. The molecule has 0 saturated heterocycles. The minimum absolute atomic E-state index is 0.300. The fraction of sp³-hybridized carbons (Fsp3) is 0.105. The summed E-state index contributed by atoms with van der Waals surface area (Å²) >= 11 is 0. The quantitative estimate of drug-likeness (QED) is 0.647. The summed E-state index contributed by atoms with van der Waals surface area (Å²) in [4.78, 5) is 12.3. The molecule has 110 valence electrons. The van der Waals surface area contributed by atoms with E-state index >= 15 is 0 Å². The van der Waals surface area contributed by atoms with E-state index in [1.54, 1.807) is 19.1 Å². The molecule has 3 aromatic carbocycles. The predicted molar refractivity (Wildman–Crippen MR) is 85.3 cm³/mol. The molecule has 22 heavy (non-hydrogen) atoms. The zero-order valence-electron chi connectivity index (χ0n) is 12.2. The van der Waals surface area contributed by atoms with Gasteiger partial charge in [-0.15, -0.1) is 0 Å². The summed E-state index contributed by atoms with van der Waals surface area (Å²) in [5, 5.41) is 1.59. The van der Waals surface area contributed by atoms with Crippen molar-refractivity contribution in [3.8, 4) is 11.1 Å². The second kappa shape index (κ2) is 5.98. The van der Waals surface area contributed by atoms with E-state index in [0.29, 0.717) is 23.1 Å². The average Bonchev–Trinajstić information content (AvgIpc) is 2.54. The third-order valence-corrected chi connectivity index (χ3v) is 3.54. The first-order valence-corrected chi connectivity index (χ1v) is 7.15. The van der Waals surface area contributed by atoms with Gasteiger partial charge in [0.05, 0.1) is 12.2 Å². The van der Waals surface area contributed by atoms with E-state index in [2.05, 4.69) is 0 Å². The van der Waals surface area contributed by atoms with Crippen LogP contribution in [0, 0.1) is 5.82 Å². The van der Waals surface area contributed by atoms with Crippen LogP contribution in [0.4, 0.5) is 4.39 Å². The fourth-order valence-corrected chi connectivity index (χ4v) is 2.59. The number of benzene rings is 3. The molecule has 0 atom stereocenters. The van der Waals surface area contributed by atoms with E-state index in [1.807, 2.05) is 36.4 Å². The summed E-state index contributed by atoms with van der Waals surface area (Å²) in [6, 6.07) is 17.6. The van der Waals surface area contributed by atoms with E-state index in [1.165, 1.54) is 12.1 Å². The lowest BCUT2D eigenvalue weighted by molar-refractivity contribution is 0.0527. The summed E-state index contributed by atoms with van der Waals surface area (Å²) < 4.78 is 18.8. The number of ether oxygens (including phenoxy) is 1. The number of hydrogen-bond acceptors (Lipinski definition) is 2. The van der Waals surface area contributed by atoms with E-state index in [9.17, 15) is 9.18 Å². The molecule has 2 nitrogen and oxygen atoms in total. The van der Waals surface area contributed by atoms with Crippen LogP contribution in [0.1, 0.15) is 17.3 Å². The zero-order valence-corrected chi connectivity index (χ0v) is 12.2. The highest BCUT2D eigenvalue weighted by Crippen LogP contribution is 2.33. The highest BCUT2D eigenvalue weighted by molar-refractivity contribution is 6.08. The maximum atomic E-state index is 13.7. The van der Waals surface area contributed by atoms with Crippen molar-refractivity contribution in [1.82, 2.24) is 0 Å². The summed E-state index contributed by atoms with van der Waals surface area (Å²) in [5.41, 5.74) is 2.02. The predicted octanol–water partition coefficient (Wildman–Crippen LogP) is 4.82. The van der Waals surface area contributed by atoms with Crippen molar-refractivity contribution in [3.63, 3.8) is 0 Å². The number of rotatable bonds is 3. The Morgan fingerprint density at radius 1 is 1.05 bits per heavy atom. The zero-order chi connectivity index (χ0) is 15.5. The molecule has 0 aliphatic heterocycles. The van der Waals surface area contributed by atoms with Gasteiger partial charge in [-0.2, -0.15) is 0 Å². The largest absolute Gasteiger partial charge is 0.462 e. The summed E-state index contributed by atoms with van der Waals surface area (Å²) in [5.74, 6) is -0.724. The van der Waals surface area contributed by atoms with Gasteiger partial charge in [-0.3, -0.25) is 0 Å². The first kappa shape index (κ1) is 14.3. The van der Waals surface area contributed by atoms with Crippen LogP contribution in [0.2, 0.25) is 0 Å². The summed E-state index contributed by atoms with van der Waals surface area (Å²) in [6.07, 6.45) is 0. The Morgan fingerprint density at radius 3 is 2.50 bits per heavy atom. The Labute approximate surface area is 128 Å². The highest BCUT2D eigenvalue weighted by atomic mass is 19.1. The van der Waals surface area contributed by atoms with Gasteiger partial charge < -0.3 is 4.74 Å². The Kier molecular flexibility index (Phi) is 3.88. The molecular formula is C19H15FO2. The van der Waals surface area contributed by atoms with Crippen LogP contribution in [-0.4, -0.2) is 12.6 Å². The number of esters is 1. The molecule has 0 spiro atoms. The fourth-order valence-electron chi connectivity index (χ4n) is 2.59. The monoisotopic (exact) mass is 294 g/mol. The molecule has 0 aliphatic rings. The first-order chi connectivity index (χ1) is 10.7. The number of carbonyl (C=O) groups excluding carboxylic acids is 1. The van der Waals surface area contributed by atoms with Crippen LogP contribution in [0.5, 0.6) is 0 Å². The van der Waals surface area contributed by atoms with Crippen molar-refractivity contribution in [1.29, 1.82) is 0 Å². The number of carbonyl (C=O) groups is 1. The Hall–Kier alpha value is -2.68. The minimum atomic E-state index is -0.396. The molecule has 0 N–H and O–H groups in total. The Balaban J connectivity index is 2.34. The minimum Gasteiger partial charge on any atom is -0.462 e. The van der Waals surface area contributed by atoms with Gasteiger partial charge in [-0.05, 0) is 41.5 Å². The third-order valence-electron chi connectivity index (χ3n) is 3.54. The molecule has 0 amide bonds. The second-order valence-corrected chi connectivity index (χ2v) is 4.94. The van der Waals surface area contributed by atoms with Crippen LogP contribution in [-0.2, 0) is 4.74 Å². The lowest BCUT2D eigenvalue weighted by Gasteiger charge is -2.13. The van der Waals surface area contributed by atoms with Gasteiger partial charge >= 0.3 is 5.97 Å². The second-order valence-electron chi connectivity index (χ2n) is 4.94. The first-order valence-electron chi connectivity index (χ1n) is 7.15. The molecule has 0 aromatic heterocycles. The van der Waals surface area contributed by atoms with Gasteiger partial charge in [0.1, 0.15) is 5.82 Å². The van der Waals surface area contributed by atoms with Crippen molar-refractivity contribution in [2.75, 3.05) is 6.61 Å². The number of fused-ring (bicyclic) bond motifs is 1. The van der Waals surface area contributed by atoms with Crippen LogP contribution < -0.4 is 0 Å². The molecule has 0 fully saturated rings. The lowest BCUT2D eigenvalue weighted by Crippen LogP contribution is -2.07.